The third kappa shape index (κ3) is 5.51. The second-order valence-electron chi connectivity index (χ2n) is 7.58. The van der Waals surface area contributed by atoms with Crippen LogP contribution >= 0.6 is 0 Å². The summed E-state index contributed by atoms with van der Waals surface area (Å²) in [5.74, 6) is 0.634. The average Bonchev–Trinajstić information content (AvgIpc) is 2.61. The zero-order chi connectivity index (χ0) is 17.7. The largest absolute Gasteiger partial charge is 0.301 e. The van der Waals surface area contributed by atoms with Crippen molar-refractivity contribution in [2.24, 2.45) is 5.92 Å². The molecule has 5 nitrogen and oxygen atoms in total. The maximum absolute atomic E-state index is 12.6. The molecule has 0 aromatic heterocycles. The van der Waals surface area contributed by atoms with E-state index in [9.17, 15) is 8.42 Å². The van der Waals surface area contributed by atoms with Crippen molar-refractivity contribution < 1.29 is 8.42 Å². The Bertz CT molecular complexity index is 627. The second kappa shape index (κ2) is 8.62. The van der Waals surface area contributed by atoms with E-state index in [1.54, 1.807) is 4.31 Å². The molecule has 0 saturated carbocycles. The number of rotatable bonds is 6. The van der Waals surface area contributed by atoms with Crippen molar-refractivity contribution in [3.8, 4) is 0 Å². The smallest absolute Gasteiger partial charge is 0.279 e. The summed E-state index contributed by atoms with van der Waals surface area (Å²) in [6.45, 7) is 6.37. The lowest BCUT2D eigenvalue weighted by Crippen LogP contribution is -2.53. The predicted octanol–water partition coefficient (Wildman–Crippen LogP) is 2.26. The van der Waals surface area contributed by atoms with Crippen LogP contribution in [0.2, 0.25) is 0 Å². The first-order valence-corrected chi connectivity index (χ1v) is 11.0. The number of nitrogens with zero attached hydrogens (tertiary/aromatic N) is 2. The van der Waals surface area contributed by atoms with Crippen LogP contribution in [-0.4, -0.2) is 56.4 Å². The van der Waals surface area contributed by atoms with Crippen LogP contribution in [0.25, 0.3) is 0 Å². The highest BCUT2D eigenvalue weighted by Crippen LogP contribution is 2.19. The zero-order valence-corrected chi connectivity index (χ0v) is 16.0. The standard InChI is InChI=1S/C19H31N3O2S/c1-17-9-14-22(15-10-17)25(23,24)20-19-8-5-12-21(16-19)13-11-18-6-3-2-4-7-18/h2-4,6-7,17,19-20H,5,8-16H2,1H3/t19-/m0/s1. The van der Waals surface area contributed by atoms with Crippen molar-refractivity contribution in [1.82, 2.24) is 13.9 Å². The van der Waals surface area contributed by atoms with Gasteiger partial charge in [-0.1, -0.05) is 37.3 Å². The zero-order valence-electron chi connectivity index (χ0n) is 15.2. The summed E-state index contributed by atoms with van der Waals surface area (Å²) in [4.78, 5) is 2.39. The fraction of sp³-hybridized carbons (Fsp3) is 0.684. The number of hydrogen-bond acceptors (Lipinski definition) is 3. The van der Waals surface area contributed by atoms with Gasteiger partial charge in [0.15, 0.2) is 0 Å². The van der Waals surface area contributed by atoms with Gasteiger partial charge in [-0.15, -0.1) is 0 Å². The number of likely N-dealkylation sites (tertiary alicyclic amines) is 1. The van der Waals surface area contributed by atoms with E-state index in [1.807, 2.05) is 6.07 Å². The van der Waals surface area contributed by atoms with Gasteiger partial charge in [0.05, 0.1) is 0 Å². The predicted molar refractivity (Wildman–Crippen MR) is 102 cm³/mol. The molecule has 2 aliphatic heterocycles. The first-order valence-electron chi connectivity index (χ1n) is 9.56. The number of hydrogen-bond donors (Lipinski definition) is 1. The van der Waals surface area contributed by atoms with Crippen molar-refractivity contribution in [2.45, 2.75) is 45.1 Å². The Balaban J connectivity index is 1.49. The van der Waals surface area contributed by atoms with Crippen molar-refractivity contribution in [1.29, 1.82) is 0 Å². The van der Waals surface area contributed by atoms with Gasteiger partial charge in [-0.3, -0.25) is 0 Å². The van der Waals surface area contributed by atoms with Crippen LogP contribution in [0.1, 0.15) is 38.2 Å². The molecule has 2 aliphatic rings. The van der Waals surface area contributed by atoms with Crippen LogP contribution in [0.4, 0.5) is 0 Å². The first-order chi connectivity index (χ1) is 12.0. The summed E-state index contributed by atoms with van der Waals surface area (Å²) in [5.41, 5.74) is 1.34. The third-order valence-electron chi connectivity index (χ3n) is 5.46. The van der Waals surface area contributed by atoms with Crippen molar-refractivity contribution in [2.75, 3.05) is 32.7 Å². The molecule has 0 bridgehead atoms. The maximum Gasteiger partial charge on any atom is 0.279 e. The molecule has 0 radical (unpaired) electrons. The fourth-order valence-corrected chi connectivity index (χ4v) is 5.25. The minimum absolute atomic E-state index is 0.0360. The summed E-state index contributed by atoms with van der Waals surface area (Å²) >= 11 is 0. The van der Waals surface area contributed by atoms with E-state index < -0.39 is 10.2 Å². The van der Waals surface area contributed by atoms with Crippen molar-refractivity contribution in [3.63, 3.8) is 0 Å². The highest BCUT2D eigenvalue weighted by Gasteiger charge is 2.30. The van der Waals surface area contributed by atoms with Gasteiger partial charge in [-0.25, -0.2) is 0 Å². The van der Waals surface area contributed by atoms with Crippen LogP contribution in [0.15, 0.2) is 30.3 Å². The highest BCUT2D eigenvalue weighted by atomic mass is 32.2. The Hall–Kier alpha value is -0.950. The van der Waals surface area contributed by atoms with Gasteiger partial charge in [0.1, 0.15) is 0 Å². The lowest BCUT2D eigenvalue weighted by Gasteiger charge is -2.35. The van der Waals surface area contributed by atoms with Gasteiger partial charge in [0, 0.05) is 32.2 Å². The molecule has 0 unspecified atom stereocenters. The average molecular weight is 366 g/mol. The van der Waals surface area contributed by atoms with E-state index >= 15 is 0 Å². The van der Waals surface area contributed by atoms with Crippen LogP contribution in [0.5, 0.6) is 0 Å². The molecule has 6 heteroatoms. The highest BCUT2D eigenvalue weighted by molar-refractivity contribution is 7.87. The molecule has 0 aliphatic carbocycles. The topological polar surface area (TPSA) is 52.7 Å². The molecule has 2 fully saturated rings. The monoisotopic (exact) mass is 365 g/mol. The van der Waals surface area contributed by atoms with Crippen molar-refractivity contribution in [3.05, 3.63) is 35.9 Å². The summed E-state index contributed by atoms with van der Waals surface area (Å²) in [5, 5.41) is 0. The van der Waals surface area contributed by atoms with Crippen LogP contribution in [0.3, 0.4) is 0 Å². The molecule has 1 atom stereocenters. The molecule has 3 rings (SSSR count). The van der Waals surface area contributed by atoms with Gasteiger partial charge in [-0.05, 0) is 50.1 Å². The Morgan fingerprint density at radius 3 is 2.52 bits per heavy atom. The van der Waals surface area contributed by atoms with Gasteiger partial charge in [-0.2, -0.15) is 17.4 Å². The molecule has 1 aromatic rings. The lowest BCUT2D eigenvalue weighted by atomic mass is 10.0. The van der Waals surface area contributed by atoms with E-state index in [-0.39, 0.29) is 6.04 Å². The minimum atomic E-state index is -3.34. The van der Waals surface area contributed by atoms with Gasteiger partial charge >= 0.3 is 0 Å². The lowest BCUT2D eigenvalue weighted by molar-refractivity contribution is 0.201. The fourth-order valence-electron chi connectivity index (χ4n) is 3.80. The normalized spacial score (nSPS) is 24.4. The minimum Gasteiger partial charge on any atom is -0.301 e. The molecule has 0 spiro atoms. The van der Waals surface area contributed by atoms with Gasteiger partial charge in [0.25, 0.3) is 10.2 Å². The Kier molecular flexibility index (Phi) is 6.49. The third-order valence-corrected chi connectivity index (χ3v) is 7.14. The van der Waals surface area contributed by atoms with Gasteiger partial charge < -0.3 is 4.90 Å². The van der Waals surface area contributed by atoms with E-state index in [0.717, 1.165) is 51.7 Å². The first kappa shape index (κ1) is 18.8. The van der Waals surface area contributed by atoms with E-state index in [1.165, 1.54) is 5.56 Å². The van der Waals surface area contributed by atoms with Crippen LogP contribution in [-0.2, 0) is 16.6 Å². The molecule has 140 valence electrons. The van der Waals surface area contributed by atoms with Crippen LogP contribution in [0, 0.1) is 5.92 Å². The van der Waals surface area contributed by atoms with E-state index in [4.69, 9.17) is 0 Å². The summed E-state index contributed by atoms with van der Waals surface area (Å²) in [6.07, 6.45) is 4.94. The van der Waals surface area contributed by atoms with Crippen molar-refractivity contribution >= 4 is 10.2 Å². The van der Waals surface area contributed by atoms with Gasteiger partial charge in [0.2, 0.25) is 0 Å². The summed E-state index contributed by atoms with van der Waals surface area (Å²) < 4.78 is 29.9. The van der Waals surface area contributed by atoms with E-state index in [2.05, 4.69) is 40.8 Å². The Morgan fingerprint density at radius 2 is 1.80 bits per heavy atom. The Morgan fingerprint density at radius 1 is 1.08 bits per heavy atom. The molecular formula is C19H31N3O2S. The second-order valence-corrected chi connectivity index (χ2v) is 9.28. The molecule has 2 saturated heterocycles. The molecule has 1 aromatic carbocycles. The Labute approximate surface area is 152 Å². The summed E-state index contributed by atoms with van der Waals surface area (Å²) in [6, 6.07) is 10.5. The number of benzene rings is 1. The molecular weight excluding hydrogens is 334 g/mol. The molecule has 1 N–H and O–H groups in total. The molecule has 0 amide bonds. The SMILES string of the molecule is CC1CCN(S(=O)(=O)N[C@H]2CCCN(CCc3ccccc3)C2)CC1. The molecule has 2 heterocycles. The quantitative estimate of drug-likeness (QED) is 0.841. The van der Waals surface area contributed by atoms with E-state index in [0.29, 0.717) is 19.0 Å². The number of nitrogens with one attached hydrogen (secondary N) is 1. The summed E-state index contributed by atoms with van der Waals surface area (Å²) in [7, 11) is -3.34. The molecule has 25 heavy (non-hydrogen) atoms. The maximum atomic E-state index is 12.6. The van der Waals surface area contributed by atoms with Crippen LogP contribution < -0.4 is 4.72 Å². The number of piperidine rings is 2.